The zero-order valence-electron chi connectivity index (χ0n) is 19.3. The lowest BCUT2D eigenvalue weighted by atomic mass is 9.94. The maximum Gasteiger partial charge on any atom is 0.243 e. The van der Waals surface area contributed by atoms with Gasteiger partial charge in [-0.3, -0.25) is 9.59 Å². The van der Waals surface area contributed by atoms with E-state index in [2.05, 4.69) is 0 Å². The van der Waals surface area contributed by atoms with Gasteiger partial charge in [-0.1, -0.05) is 18.6 Å². The summed E-state index contributed by atoms with van der Waals surface area (Å²) in [6.45, 7) is 4.95. The van der Waals surface area contributed by atoms with Gasteiger partial charge in [0.2, 0.25) is 21.8 Å². The summed E-state index contributed by atoms with van der Waals surface area (Å²) < 4.78 is 32.5. The number of sulfonamides is 1. The molecule has 9 heteroatoms. The molecule has 3 fully saturated rings. The van der Waals surface area contributed by atoms with Crippen molar-refractivity contribution in [2.75, 3.05) is 52.5 Å². The second kappa shape index (κ2) is 11.0. The number of amides is 2. The average Bonchev–Trinajstić information content (AvgIpc) is 2.88. The van der Waals surface area contributed by atoms with Crippen LogP contribution >= 0.6 is 0 Å². The Morgan fingerprint density at radius 3 is 2.12 bits per heavy atom. The first-order valence-electron chi connectivity index (χ1n) is 12.2. The summed E-state index contributed by atoms with van der Waals surface area (Å²) in [5.41, 5.74) is 0.957. The number of likely N-dealkylation sites (tertiary alicyclic amines) is 1. The molecule has 0 N–H and O–H groups in total. The highest BCUT2D eigenvalue weighted by molar-refractivity contribution is 7.89. The lowest BCUT2D eigenvalue weighted by Crippen LogP contribution is -2.47. The molecule has 0 radical (unpaired) electrons. The molecule has 182 valence electrons. The minimum absolute atomic E-state index is 0.00143. The van der Waals surface area contributed by atoms with Crippen molar-refractivity contribution in [3.63, 3.8) is 0 Å². The zero-order chi connectivity index (χ0) is 23.3. The zero-order valence-corrected chi connectivity index (χ0v) is 20.1. The van der Waals surface area contributed by atoms with Gasteiger partial charge < -0.3 is 14.5 Å². The highest BCUT2D eigenvalue weighted by Crippen LogP contribution is 2.23. The predicted molar refractivity (Wildman–Crippen MR) is 124 cm³/mol. The Balaban J connectivity index is 1.23. The minimum atomic E-state index is -3.43. The van der Waals surface area contributed by atoms with Crippen molar-refractivity contribution < 1.29 is 22.7 Å². The van der Waals surface area contributed by atoms with Gasteiger partial charge in [-0.2, -0.15) is 4.31 Å². The molecule has 0 unspecified atom stereocenters. The van der Waals surface area contributed by atoms with Gasteiger partial charge in [0, 0.05) is 51.6 Å². The maximum absolute atomic E-state index is 12.8. The molecule has 3 saturated heterocycles. The summed E-state index contributed by atoms with van der Waals surface area (Å²) in [5.74, 6) is 0.295. The van der Waals surface area contributed by atoms with Crippen LogP contribution in [0.5, 0.6) is 0 Å². The molecule has 8 nitrogen and oxygen atoms in total. The highest BCUT2D eigenvalue weighted by atomic mass is 32.2. The van der Waals surface area contributed by atoms with E-state index in [1.54, 1.807) is 16.4 Å². The molecule has 0 saturated carbocycles. The first kappa shape index (κ1) is 24.2. The lowest BCUT2D eigenvalue weighted by Gasteiger charge is -2.35. The summed E-state index contributed by atoms with van der Waals surface area (Å²) in [4.78, 5) is 29.4. The van der Waals surface area contributed by atoms with Crippen LogP contribution in [0.2, 0.25) is 0 Å². The fraction of sp³-hybridized carbons (Fsp3) is 0.667. The number of hydrogen-bond acceptors (Lipinski definition) is 5. The third-order valence-corrected chi connectivity index (χ3v) is 8.94. The van der Waals surface area contributed by atoms with Gasteiger partial charge in [0.25, 0.3) is 0 Å². The smallest absolute Gasteiger partial charge is 0.243 e. The molecule has 0 bridgehead atoms. The van der Waals surface area contributed by atoms with E-state index >= 15 is 0 Å². The maximum atomic E-state index is 12.8. The van der Waals surface area contributed by atoms with Crippen LogP contribution in [-0.4, -0.2) is 86.8 Å². The molecule has 3 heterocycles. The Hall–Kier alpha value is -1.97. The van der Waals surface area contributed by atoms with Crippen molar-refractivity contribution in [3.05, 3.63) is 29.8 Å². The summed E-state index contributed by atoms with van der Waals surface area (Å²) >= 11 is 0. The van der Waals surface area contributed by atoms with Crippen LogP contribution in [0.25, 0.3) is 0 Å². The van der Waals surface area contributed by atoms with Gasteiger partial charge in [0.1, 0.15) is 0 Å². The predicted octanol–water partition coefficient (Wildman–Crippen LogP) is 1.89. The van der Waals surface area contributed by atoms with E-state index in [-0.39, 0.29) is 17.7 Å². The first-order chi connectivity index (χ1) is 15.9. The number of rotatable bonds is 6. The van der Waals surface area contributed by atoms with Crippen LogP contribution in [0.1, 0.15) is 44.1 Å². The van der Waals surface area contributed by atoms with Crippen molar-refractivity contribution in [1.29, 1.82) is 0 Å². The molecule has 3 aliphatic heterocycles. The quantitative estimate of drug-likeness (QED) is 0.625. The number of carbonyl (C=O) groups excluding carboxylic acids is 2. The number of nitrogens with zero attached hydrogens (tertiary/aromatic N) is 3. The molecule has 4 rings (SSSR count). The van der Waals surface area contributed by atoms with Gasteiger partial charge >= 0.3 is 0 Å². The summed E-state index contributed by atoms with van der Waals surface area (Å²) in [7, 11) is -3.43. The molecule has 3 aliphatic rings. The monoisotopic (exact) mass is 477 g/mol. The summed E-state index contributed by atoms with van der Waals surface area (Å²) in [6, 6.07) is 6.95. The second-order valence-electron chi connectivity index (χ2n) is 9.20. The van der Waals surface area contributed by atoms with E-state index in [0.29, 0.717) is 83.1 Å². The van der Waals surface area contributed by atoms with E-state index in [0.717, 1.165) is 24.8 Å². The molecular weight excluding hydrogens is 442 g/mol. The SMILES string of the molecule is O=C(CCc1ccc(S(=O)(=O)N2CCCCC2)cc1)N1CCC(C(=O)N2CCOCC2)CC1. The molecule has 1 aromatic rings. The number of hydrogen-bond donors (Lipinski definition) is 0. The molecule has 0 aliphatic carbocycles. The average molecular weight is 478 g/mol. The van der Waals surface area contributed by atoms with Gasteiger partial charge in [0.15, 0.2) is 0 Å². The van der Waals surface area contributed by atoms with Gasteiger partial charge in [-0.05, 0) is 49.8 Å². The van der Waals surface area contributed by atoms with Crippen LogP contribution < -0.4 is 0 Å². The summed E-state index contributed by atoms with van der Waals surface area (Å²) in [6.07, 6.45) is 5.31. The first-order valence-corrected chi connectivity index (χ1v) is 13.6. The molecule has 0 spiro atoms. The molecule has 33 heavy (non-hydrogen) atoms. The largest absolute Gasteiger partial charge is 0.378 e. The molecular formula is C24H35N3O5S. The van der Waals surface area contributed by atoms with E-state index in [1.165, 1.54) is 0 Å². The Bertz CT molecular complexity index is 914. The Morgan fingerprint density at radius 2 is 1.48 bits per heavy atom. The van der Waals surface area contributed by atoms with Crippen molar-refractivity contribution in [3.8, 4) is 0 Å². The fourth-order valence-corrected chi connectivity index (χ4v) is 6.43. The van der Waals surface area contributed by atoms with Crippen LogP contribution in [0, 0.1) is 5.92 Å². The van der Waals surface area contributed by atoms with E-state index in [9.17, 15) is 18.0 Å². The van der Waals surface area contributed by atoms with Gasteiger partial charge in [0.05, 0.1) is 18.1 Å². The second-order valence-corrected chi connectivity index (χ2v) is 11.1. The number of piperidine rings is 2. The number of ether oxygens (including phenoxy) is 1. The number of morpholine rings is 1. The molecule has 0 atom stereocenters. The standard InChI is InChI=1S/C24H35N3O5S/c28-23(25-14-10-21(11-15-25)24(29)26-16-18-32-19-17-26)9-6-20-4-7-22(8-5-20)33(30,31)27-12-2-1-3-13-27/h4-5,7-8,21H,1-3,6,9-19H2. The van der Waals surface area contributed by atoms with Crippen molar-refractivity contribution in [1.82, 2.24) is 14.1 Å². The lowest BCUT2D eigenvalue weighted by molar-refractivity contribution is -0.143. The van der Waals surface area contributed by atoms with Crippen LogP contribution in [0.3, 0.4) is 0 Å². The topological polar surface area (TPSA) is 87.2 Å². The normalized spacial score (nSPS) is 21.2. The summed E-state index contributed by atoms with van der Waals surface area (Å²) in [5, 5.41) is 0. The van der Waals surface area contributed by atoms with Gasteiger partial charge in [-0.25, -0.2) is 8.42 Å². The molecule has 2 amide bonds. The van der Waals surface area contributed by atoms with Crippen molar-refractivity contribution in [2.24, 2.45) is 5.92 Å². The van der Waals surface area contributed by atoms with E-state index in [1.807, 2.05) is 21.9 Å². The third kappa shape index (κ3) is 5.94. The molecule has 1 aromatic carbocycles. The number of carbonyl (C=O) groups is 2. The Morgan fingerprint density at radius 1 is 0.848 bits per heavy atom. The van der Waals surface area contributed by atoms with Crippen molar-refractivity contribution >= 4 is 21.8 Å². The number of benzene rings is 1. The Labute approximate surface area is 196 Å². The van der Waals surface area contributed by atoms with Crippen LogP contribution in [0.4, 0.5) is 0 Å². The Kier molecular flexibility index (Phi) is 8.03. The van der Waals surface area contributed by atoms with E-state index in [4.69, 9.17) is 4.74 Å². The van der Waals surface area contributed by atoms with E-state index < -0.39 is 10.0 Å². The van der Waals surface area contributed by atoms with Crippen LogP contribution in [-0.2, 0) is 30.8 Å². The van der Waals surface area contributed by atoms with Crippen molar-refractivity contribution in [2.45, 2.75) is 49.8 Å². The van der Waals surface area contributed by atoms with Crippen LogP contribution in [0.15, 0.2) is 29.2 Å². The fourth-order valence-electron chi connectivity index (χ4n) is 4.91. The minimum Gasteiger partial charge on any atom is -0.378 e. The highest BCUT2D eigenvalue weighted by Gasteiger charge is 2.31. The molecule has 0 aromatic heterocycles. The number of aryl methyl sites for hydroxylation is 1. The van der Waals surface area contributed by atoms with Gasteiger partial charge in [-0.15, -0.1) is 0 Å². The third-order valence-electron chi connectivity index (χ3n) is 7.02.